The van der Waals surface area contributed by atoms with Crippen molar-refractivity contribution in [1.82, 2.24) is 0 Å². The molecule has 0 aliphatic carbocycles. The molecule has 1 radical (unpaired) electrons. The Balaban J connectivity index is 0. The molecule has 0 rings (SSSR count). The summed E-state index contributed by atoms with van der Waals surface area (Å²) in [6.45, 7) is 4.77. The number of aliphatic carboxylic acids is 1. The predicted octanol–water partition coefficient (Wildman–Crippen LogP) is 0.417. The average Bonchev–Trinajstić information content (AvgIpc) is 1.61. The van der Waals surface area contributed by atoms with Gasteiger partial charge < -0.3 is 23.8 Å². The summed E-state index contributed by atoms with van der Waals surface area (Å²) in [6.07, 6.45) is 4.14. The molecule has 0 bridgehead atoms. The van der Waals surface area contributed by atoms with Crippen LogP contribution in [0.1, 0.15) is 0 Å². The van der Waals surface area contributed by atoms with Crippen molar-refractivity contribution in [3.63, 3.8) is 0 Å². The Morgan fingerprint density at radius 3 is 2.38 bits per heavy atom. The molecule has 0 aliphatic rings. The fraction of sp³-hybridized carbons (Fsp3) is 0. The van der Waals surface area contributed by atoms with E-state index in [1.165, 1.54) is 0 Å². The average molecular weight is 185 g/mol. The maximum absolute atomic E-state index is 9.54. The second-order valence-corrected chi connectivity index (χ2v) is 0.809. The van der Waals surface area contributed by atoms with Gasteiger partial charge in [-0.1, -0.05) is 0 Å². The predicted molar refractivity (Wildman–Crippen MR) is 24.3 cm³/mol. The van der Waals surface area contributed by atoms with E-state index in [9.17, 15) is 4.79 Å². The maximum atomic E-state index is 9.54. The van der Waals surface area contributed by atoms with E-state index in [-0.39, 0.29) is 32.7 Å². The van der Waals surface area contributed by atoms with Gasteiger partial charge in [-0.05, 0) is 0 Å². The first-order chi connectivity index (χ1) is 3.27. The Bertz CT molecular complexity index is 107. The van der Waals surface area contributed by atoms with Crippen LogP contribution in [0, 0.1) is 12.7 Å². The van der Waals surface area contributed by atoms with Crippen molar-refractivity contribution >= 4 is 5.97 Å². The van der Waals surface area contributed by atoms with Crippen LogP contribution in [-0.4, -0.2) is 11.1 Å². The van der Waals surface area contributed by atoms with E-state index >= 15 is 0 Å². The molecule has 0 heterocycles. The van der Waals surface area contributed by atoms with Crippen LogP contribution in [0.5, 0.6) is 0 Å². The van der Waals surface area contributed by atoms with E-state index in [1.54, 1.807) is 0 Å². The molecule has 41 valence electrons. The van der Waals surface area contributed by atoms with E-state index in [0.717, 1.165) is 12.2 Å². The number of allylic oxidation sites excluding steroid dienone is 2. The van der Waals surface area contributed by atoms with Gasteiger partial charge in [-0.15, -0.1) is 0 Å². The molecule has 0 aromatic heterocycles. The molecule has 8 heavy (non-hydrogen) atoms. The zero-order valence-electron chi connectivity index (χ0n) is 4.16. The van der Waals surface area contributed by atoms with Gasteiger partial charge in [-0.25, -0.2) is 0 Å². The quantitative estimate of drug-likeness (QED) is 0.384. The molecule has 0 fully saturated rings. The molecule has 0 amide bonds. The Morgan fingerprint density at radius 1 is 1.75 bits per heavy atom. The topological polar surface area (TPSA) is 37.3 Å². The third-order valence-electron chi connectivity index (χ3n) is 0.303. The summed E-state index contributed by atoms with van der Waals surface area (Å²) in [5.41, 5.74) is 0. The van der Waals surface area contributed by atoms with E-state index in [2.05, 4.69) is 0 Å². The van der Waals surface area contributed by atoms with Crippen LogP contribution >= 0.6 is 0 Å². The van der Waals surface area contributed by atoms with Crippen LogP contribution in [0.25, 0.3) is 0 Å². The molecule has 2 nitrogen and oxygen atoms in total. The molecular weight excluding hydrogens is 181 g/mol. The summed E-state index contributed by atoms with van der Waals surface area (Å²) in [4.78, 5) is 9.54. The number of carbonyl (C=O) groups is 1. The van der Waals surface area contributed by atoms with Crippen LogP contribution in [0.3, 0.4) is 0 Å². The standard InChI is InChI=1S/C5H4O2.Y/c1-2-3-4-5(6)7;/h1-3H,(H,6,7);/q-2;. The number of hydrogen-bond acceptors (Lipinski definition) is 1. The molecule has 1 N–H and O–H groups in total. The minimum absolute atomic E-state index is 0. The van der Waals surface area contributed by atoms with E-state index in [1.807, 2.05) is 6.08 Å². The van der Waals surface area contributed by atoms with Crippen LogP contribution in [0.2, 0.25) is 0 Å². The van der Waals surface area contributed by atoms with Crippen LogP contribution in [0.15, 0.2) is 12.2 Å². The van der Waals surface area contributed by atoms with E-state index in [0.29, 0.717) is 0 Å². The minimum Gasteiger partial charge on any atom is -0.493 e. The monoisotopic (exact) mass is 185 g/mol. The fourth-order valence-corrected chi connectivity index (χ4v) is 0.119. The van der Waals surface area contributed by atoms with Crippen LogP contribution < -0.4 is 0 Å². The van der Waals surface area contributed by atoms with Crippen molar-refractivity contribution in [3.8, 4) is 0 Å². The van der Waals surface area contributed by atoms with Gasteiger partial charge in [-0.2, -0.15) is 0 Å². The normalized spacial score (nSPS) is 8.00. The van der Waals surface area contributed by atoms with Crippen LogP contribution in [0.4, 0.5) is 0 Å². The largest absolute Gasteiger partial charge is 0.493 e. The third-order valence-corrected chi connectivity index (χ3v) is 0.303. The maximum Gasteiger partial charge on any atom is 0.217 e. The van der Waals surface area contributed by atoms with Crippen molar-refractivity contribution in [2.45, 2.75) is 0 Å². The minimum atomic E-state index is -1.11. The smallest absolute Gasteiger partial charge is 0.217 e. The summed E-state index contributed by atoms with van der Waals surface area (Å²) in [5, 5.41) is 7.83. The molecule has 0 aromatic carbocycles. The zero-order chi connectivity index (χ0) is 5.70. The Kier molecular flexibility index (Phi) is 9.64. The molecule has 0 spiro atoms. The van der Waals surface area contributed by atoms with Crippen LogP contribution in [-0.2, 0) is 37.5 Å². The second-order valence-electron chi connectivity index (χ2n) is 0.809. The first kappa shape index (κ1) is 10.9. The Morgan fingerprint density at radius 2 is 2.25 bits per heavy atom. The first-order valence-corrected chi connectivity index (χ1v) is 1.63. The first-order valence-electron chi connectivity index (χ1n) is 1.63. The summed E-state index contributed by atoms with van der Waals surface area (Å²) < 4.78 is 0. The van der Waals surface area contributed by atoms with Gasteiger partial charge in [0.25, 0.3) is 0 Å². The second kappa shape index (κ2) is 7.05. The van der Waals surface area contributed by atoms with Gasteiger partial charge in [0, 0.05) is 32.7 Å². The number of rotatable bonds is 2. The van der Waals surface area contributed by atoms with Gasteiger partial charge in [-0.3, -0.25) is 10.9 Å². The SMILES string of the molecule is [CH-]=CC=[C-]C(=O)O.[Y]. The summed E-state index contributed by atoms with van der Waals surface area (Å²) >= 11 is 0. The molecule has 0 saturated heterocycles. The molecular formula is C5H4O2Y-2. The Hall–Kier alpha value is 0.0539. The summed E-state index contributed by atoms with van der Waals surface area (Å²) in [6, 6.07) is 0. The van der Waals surface area contributed by atoms with Crippen molar-refractivity contribution < 1.29 is 42.6 Å². The van der Waals surface area contributed by atoms with E-state index < -0.39 is 5.97 Å². The molecule has 0 aliphatic heterocycles. The van der Waals surface area contributed by atoms with Gasteiger partial charge in [0.05, 0.1) is 0 Å². The molecule has 0 unspecified atom stereocenters. The van der Waals surface area contributed by atoms with Gasteiger partial charge >= 0.3 is 0 Å². The van der Waals surface area contributed by atoms with Crippen molar-refractivity contribution in [2.75, 3.05) is 0 Å². The summed E-state index contributed by atoms with van der Waals surface area (Å²) in [7, 11) is 0. The molecule has 0 saturated carbocycles. The van der Waals surface area contributed by atoms with Gasteiger partial charge in [0.15, 0.2) is 0 Å². The number of carboxylic acids is 1. The summed E-state index contributed by atoms with van der Waals surface area (Å²) in [5.74, 6) is -1.11. The fourth-order valence-electron chi connectivity index (χ4n) is 0.119. The molecule has 0 atom stereocenters. The van der Waals surface area contributed by atoms with Crippen molar-refractivity contribution in [1.29, 1.82) is 0 Å². The van der Waals surface area contributed by atoms with Gasteiger partial charge in [0.1, 0.15) is 0 Å². The van der Waals surface area contributed by atoms with Gasteiger partial charge in [0.2, 0.25) is 5.97 Å². The number of carboxylic acid groups (broad SMARTS) is 1. The number of hydrogen-bond donors (Lipinski definition) is 1. The Labute approximate surface area is 73.2 Å². The molecule has 0 aromatic rings. The van der Waals surface area contributed by atoms with Crippen molar-refractivity contribution in [3.05, 3.63) is 24.8 Å². The zero-order valence-corrected chi connectivity index (χ0v) is 7.00. The molecule has 3 heteroatoms. The third kappa shape index (κ3) is 9.41. The van der Waals surface area contributed by atoms with E-state index in [4.69, 9.17) is 11.7 Å². The van der Waals surface area contributed by atoms with Crippen molar-refractivity contribution in [2.24, 2.45) is 0 Å².